The second-order valence-corrected chi connectivity index (χ2v) is 3.60. The maximum Gasteiger partial charge on any atom is 0.399 e. The Hall–Kier alpha value is 0.1000. The molecule has 66 valence electrons. The first-order chi connectivity index (χ1) is 4.90. The fraction of sp³-hybridized carbons (Fsp3) is 1.00. The van der Waals surface area contributed by atoms with Gasteiger partial charge in [-0.3, -0.25) is 0 Å². The van der Waals surface area contributed by atoms with Crippen molar-refractivity contribution in [3.05, 3.63) is 0 Å². The topological polar surface area (TPSA) is 9.23 Å². The van der Waals surface area contributed by atoms with Crippen LogP contribution >= 0.6 is 12.6 Å². The van der Waals surface area contributed by atoms with Crippen molar-refractivity contribution in [2.24, 2.45) is 5.41 Å². The summed E-state index contributed by atoms with van der Waals surface area (Å²) in [6.45, 7) is 0.946. The molecule has 1 saturated heterocycles. The maximum absolute atomic E-state index is 12.3. The Morgan fingerprint density at radius 3 is 1.91 bits per heavy atom. The van der Waals surface area contributed by atoms with E-state index >= 15 is 0 Å². The van der Waals surface area contributed by atoms with Crippen molar-refractivity contribution in [3.8, 4) is 0 Å². The molecule has 0 saturated carbocycles. The van der Waals surface area contributed by atoms with Crippen molar-refractivity contribution in [1.82, 2.24) is 0 Å². The van der Waals surface area contributed by atoms with Crippen LogP contribution in [0.25, 0.3) is 0 Å². The summed E-state index contributed by atoms with van der Waals surface area (Å²) in [6, 6.07) is 0. The van der Waals surface area contributed by atoms with Crippen LogP contribution in [-0.2, 0) is 4.74 Å². The van der Waals surface area contributed by atoms with E-state index < -0.39 is 16.8 Å². The summed E-state index contributed by atoms with van der Waals surface area (Å²) in [7, 11) is 0. The van der Waals surface area contributed by atoms with Crippen LogP contribution in [-0.4, -0.2) is 24.6 Å². The summed E-state index contributed by atoms with van der Waals surface area (Å²) in [5, 5.41) is -0.698. The van der Waals surface area contributed by atoms with Crippen molar-refractivity contribution < 1.29 is 17.9 Å². The van der Waals surface area contributed by atoms with E-state index in [4.69, 9.17) is 0 Å². The second kappa shape index (κ2) is 2.55. The van der Waals surface area contributed by atoms with Gasteiger partial charge in [-0.15, -0.1) is 0 Å². The van der Waals surface area contributed by atoms with Crippen LogP contribution in [0.2, 0.25) is 0 Å². The predicted molar refractivity (Wildman–Crippen MR) is 37.8 cm³/mol. The molecular weight excluding hydrogens is 177 g/mol. The fourth-order valence-corrected chi connectivity index (χ4v) is 1.26. The number of hydrogen-bond acceptors (Lipinski definition) is 2. The zero-order valence-corrected chi connectivity index (χ0v) is 6.88. The molecule has 1 nitrogen and oxygen atoms in total. The molecule has 0 aromatic carbocycles. The third-order valence-electron chi connectivity index (χ3n) is 2.08. The molecule has 0 bridgehead atoms. The van der Waals surface area contributed by atoms with Gasteiger partial charge < -0.3 is 4.74 Å². The van der Waals surface area contributed by atoms with Crippen LogP contribution in [0.4, 0.5) is 13.2 Å². The summed E-state index contributed by atoms with van der Waals surface area (Å²) >= 11 is 3.80. The maximum atomic E-state index is 12.3. The smallest absolute Gasteiger partial charge is 0.379 e. The van der Waals surface area contributed by atoms with Crippen LogP contribution in [0.1, 0.15) is 6.92 Å². The first-order valence-electron chi connectivity index (χ1n) is 3.23. The molecule has 1 atom stereocenters. The molecule has 0 aromatic rings. The van der Waals surface area contributed by atoms with Crippen molar-refractivity contribution >= 4 is 12.6 Å². The Balaban J connectivity index is 2.76. The number of rotatable bonds is 1. The Bertz CT molecular complexity index is 150. The van der Waals surface area contributed by atoms with Crippen molar-refractivity contribution in [3.63, 3.8) is 0 Å². The average molecular weight is 186 g/mol. The van der Waals surface area contributed by atoms with E-state index in [0.717, 1.165) is 0 Å². The molecule has 1 unspecified atom stereocenters. The Morgan fingerprint density at radius 1 is 1.45 bits per heavy atom. The molecule has 1 rings (SSSR count). The minimum atomic E-state index is -4.19. The number of ether oxygens (including phenoxy) is 1. The number of thiol groups is 1. The molecule has 5 heteroatoms. The average Bonchev–Trinajstić information content (AvgIpc) is 1.52. The molecule has 0 amide bonds. The minimum Gasteiger partial charge on any atom is -0.379 e. The zero-order chi connectivity index (χ0) is 8.70. The van der Waals surface area contributed by atoms with Gasteiger partial charge >= 0.3 is 6.18 Å². The van der Waals surface area contributed by atoms with Gasteiger partial charge in [0.05, 0.1) is 13.2 Å². The lowest BCUT2D eigenvalue weighted by Crippen LogP contribution is -2.58. The summed E-state index contributed by atoms with van der Waals surface area (Å²) in [5.74, 6) is 0. The molecule has 0 aromatic heterocycles. The second-order valence-electron chi connectivity index (χ2n) is 2.82. The van der Waals surface area contributed by atoms with E-state index in [2.05, 4.69) is 17.4 Å². The van der Waals surface area contributed by atoms with E-state index in [1.54, 1.807) is 0 Å². The largest absolute Gasteiger partial charge is 0.399 e. The van der Waals surface area contributed by atoms with E-state index in [-0.39, 0.29) is 13.2 Å². The van der Waals surface area contributed by atoms with Gasteiger partial charge in [0.1, 0.15) is 5.41 Å². The molecule has 1 fully saturated rings. The summed E-state index contributed by atoms with van der Waals surface area (Å²) in [5.41, 5.74) is -1.70. The summed E-state index contributed by atoms with van der Waals surface area (Å²) < 4.78 is 41.4. The quantitative estimate of drug-likeness (QED) is 0.615. The van der Waals surface area contributed by atoms with Gasteiger partial charge in [-0.1, -0.05) is 6.92 Å². The normalized spacial score (nSPS) is 25.9. The molecular formula is C6H9F3OS. The SMILES string of the molecule is CC(S)C1(C(F)(F)F)COC1. The molecule has 1 heterocycles. The van der Waals surface area contributed by atoms with Crippen LogP contribution in [0.5, 0.6) is 0 Å². The van der Waals surface area contributed by atoms with E-state index in [0.29, 0.717) is 0 Å². The number of halogens is 3. The van der Waals surface area contributed by atoms with Gasteiger partial charge in [-0.25, -0.2) is 0 Å². The molecule has 0 spiro atoms. The van der Waals surface area contributed by atoms with Gasteiger partial charge in [0.2, 0.25) is 0 Å². The zero-order valence-electron chi connectivity index (χ0n) is 5.98. The third-order valence-corrected chi connectivity index (χ3v) is 2.58. The van der Waals surface area contributed by atoms with Crippen molar-refractivity contribution in [2.45, 2.75) is 18.3 Å². The van der Waals surface area contributed by atoms with Gasteiger partial charge in [0.25, 0.3) is 0 Å². The minimum absolute atomic E-state index is 0.249. The lowest BCUT2D eigenvalue weighted by molar-refractivity contribution is -0.301. The van der Waals surface area contributed by atoms with Crippen molar-refractivity contribution in [1.29, 1.82) is 0 Å². The highest BCUT2D eigenvalue weighted by Gasteiger charge is 2.62. The number of alkyl halides is 3. The molecule has 1 aliphatic rings. The Kier molecular flexibility index (Phi) is 2.13. The molecule has 11 heavy (non-hydrogen) atoms. The van der Waals surface area contributed by atoms with E-state index in [9.17, 15) is 13.2 Å². The van der Waals surface area contributed by atoms with Crippen LogP contribution in [0.3, 0.4) is 0 Å². The summed E-state index contributed by atoms with van der Waals surface area (Å²) in [6.07, 6.45) is -4.19. The van der Waals surface area contributed by atoms with Gasteiger partial charge in [-0.2, -0.15) is 25.8 Å². The summed E-state index contributed by atoms with van der Waals surface area (Å²) in [4.78, 5) is 0. The first kappa shape index (κ1) is 9.19. The van der Waals surface area contributed by atoms with E-state index in [1.807, 2.05) is 0 Å². The molecule has 0 N–H and O–H groups in total. The van der Waals surface area contributed by atoms with E-state index in [1.165, 1.54) is 6.92 Å². The predicted octanol–water partition coefficient (Wildman–Crippen LogP) is 1.88. The van der Waals surface area contributed by atoms with Gasteiger partial charge in [0.15, 0.2) is 0 Å². The third kappa shape index (κ3) is 1.24. The van der Waals surface area contributed by atoms with Crippen molar-refractivity contribution in [2.75, 3.05) is 13.2 Å². The van der Waals surface area contributed by atoms with Gasteiger partial charge in [-0.05, 0) is 0 Å². The highest BCUT2D eigenvalue weighted by Crippen LogP contribution is 2.48. The Morgan fingerprint density at radius 2 is 1.91 bits per heavy atom. The molecule has 1 aliphatic heterocycles. The standard InChI is InChI=1S/C6H9F3OS/c1-4(11)5(2-10-3-5)6(7,8)9/h4,11H,2-3H2,1H3. The first-order valence-corrected chi connectivity index (χ1v) is 3.74. The highest BCUT2D eigenvalue weighted by atomic mass is 32.1. The fourth-order valence-electron chi connectivity index (χ4n) is 0.964. The lowest BCUT2D eigenvalue weighted by Gasteiger charge is -2.45. The van der Waals surface area contributed by atoms with Crippen LogP contribution in [0, 0.1) is 5.41 Å². The molecule has 0 radical (unpaired) electrons. The Labute approximate surface area is 68.3 Å². The lowest BCUT2D eigenvalue weighted by atomic mass is 9.82. The van der Waals surface area contributed by atoms with Crippen LogP contribution < -0.4 is 0 Å². The monoisotopic (exact) mass is 186 g/mol. The molecule has 0 aliphatic carbocycles. The van der Waals surface area contributed by atoms with Crippen LogP contribution in [0.15, 0.2) is 0 Å². The number of hydrogen-bond donors (Lipinski definition) is 1. The highest BCUT2D eigenvalue weighted by molar-refractivity contribution is 7.81. The van der Waals surface area contributed by atoms with Gasteiger partial charge in [0, 0.05) is 5.25 Å².